The Morgan fingerprint density at radius 1 is 1.83 bits per heavy atom. The van der Waals surface area contributed by atoms with Crippen molar-refractivity contribution in [3.63, 3.8) is 0 Å². The third-order valence-corrected chi connectivity index (χ3v) is 2.25. The van der Waals surface area contributed by atoms with Gasteiger partial charge in [-0.2, -0.15) is 5.26 Å². The molecule has 0 aliphatic rings. The van der Waals surface area contributed by atoms with E-state index in [1.807, 2.05) is 6.07 Å². The monoisotopic (exact) mass is 183 g/mol. The van der Waals surface area contributed by atoms with E-state index in [2.05, 4.69) is 5.32 Å². The molecule has 0 aliphatic heterocycles. The molecule has 6 heteroatoms. The standard InChI is InChI=1S/C6H5N3O2S/c1-8-5-2-4(3-7)12-6(5)9(10)11/h2,8H,1H3. The molecule has 1 N–H and O–H groups in total. The summed E-state index contributed by atoms with van der Waals surface area (Å²) in [5, 5.41) is 21.5. The molecule has 0 saturated carbocycles. The van der Waals surface area contributed by atoms with Crippen LogP contribution in [0.25, 0.3) is 0 Å². The van der Waals surface area contributed by atoms with Gasteiger partial charge in [-0.1, -0.05) is 0 Å². The van der Waals surface area contributed by atoms with Crippen molar-refractivity contribution in [1.82, 2.24) is 0 Å². The van der Waals surface area contributed by atoms with Crippen molar-refractivity contribution in [2.45, 2.75) is 0 Å². The Kier molecular flexibility index (Phi) is 2.26. The first-order chi connectivity index (χ1) is 5.69. The second kappa shape index (κ2) is 3.19. The minimum Gasteiger partial charge on any atom is -0.382 e. The van der Waals surface area contributed by atoms with Crippen molar-refractivity contribution in [3.8, 4) is 6.07 Å². The number of hydrogen-bond acceptors (Lipinski definition) is 5. The highest BCUT2D eigenvalue weighted by Crippen LogP contribution is 2.33. The van der Waals surface area contributed by atoms with Crippen LogP contribution in [-0.2, 0) is 0 Å². The Labute approximate surface area is 72.4 Å². The summed E-state index contributed by atoms with van der Waals surface area (Å²) in [6, 6.07) is 3.31. The fourth-order valence-electron chi connectivity index (χ4n) is 0.751. The first-order valence-corrected chi connectivity index (χ1v) is 3.86. The lowest BCUT2D eigenvalue weighted by Crippen LogP contribution is -1.91. The largest absolute Gasteiger partial charge is 0.382 e. The molecule has 5 nitrogen and oxygen atoms in total. The van der Waals surface area contributed by atoms with Gasteiger partial charge in [0.1, 0.15) is 16.6 Å². The smallest absolute Gasteiger partial charge is 0.348 e. The summed E-state index contributed by atoms with van der Waals surface area (Å²) in [6.07, 6.45) is 0. The maximum atomic E-state index is 10.4. The normalized spacial score (nSPS) is 9.00. The molecule has 1 aromatic rings. The van der Waals surface area contributed by atoms with Crippen LogP contribution in [0.2, 0.25) is 0 Å². The van der Waals surface area contributed by atoms with Crippen molar-refractivity contribution in [3.05, 3.63) is 21.1 Å². The second-order valence-corrected chi connectivity index (χ2v) is 2.98. The molecule has 0 atom stereocenters. The van der Waals surface area contributed by atoms with Gasteiger partial charge in [-0.05, 0) is 17.4 Å². The van der Waals surface area contributed by atoms with E-state index in [9.17, 15) is 10.1 Å². The summed E-state index contributed by atoms with van der Waals surface area (Å²) in [4.78, 5) is 10.2. The van der Waals surface area contributed by atoms with E-state index in [4.69, 9.17) is 5.26 Å². The summed E-state index contributed by atoms with van der Waals surface area (Å²) < 4.78 is 0. The lowest BCUT2D eigenvalue weighted by Gasteiger charge is -1.91. The maximum Gasteiger partial charge on any atom is 0.348 e. The number of nitriles is 1. The van der Waals surface area contributed by atoms with E-state index in [1.165, 1.54) is 6.07 Å². The Bertz CT molecular complexity index is 352. The first-order valence-electron chi connectivity index (χ1n) is 3.05. The average Bonchev–Trinajstić information content (AvgIpc) is 2.47. The molecule has 0 aliphatic carbocycles. The summed E-state index contributed by atoms with van der Waals surface area (Å²) in [6.45, 7) is 0. The molecule has 0 fully saturated rings. The SMILES string of the molecule is CNc1cc(C#N)sc1[N+](=O)[O-]. The topological polar surface area (TPSA) is 79.0 Å². The summed E-state index contributed by atoms with van der Waals surface area (Å²) in [5.41, 5.74) is 0.390. The van der Waals surface area contributed by atoms with Crippen LogP contribution < -0.4 is 5.32 Å². The van der Waals surface area contributed by atoms with Gasteiger partial charge < -0.3 is 5.32 Å². The zero-order valence-electron chi connectivity index (χ0n) is 6.20. The Morgan fingerprint density at radius 2 is 2.50 bits per heavy atom. The first kappa shape index (κ1) is 8.49. The van der Waals surface area contributed by atoms with Gasteiger partial charge in [-0.3, -0.25) is 10.1 Å². The van der Waals surface area contributed by atoms with Crippen molar-refractivity contribution < 1.29 is 4.92 Å². The quantitative estimate of drug-likeness (QED) is 0.557. The van der Waals surface area contributed by atoms with Gasteiger partial charge in [0.2, 0.25) is 0 Å². The Hall–Kier alpha value is -1.61. The van der Waals surface area contributed by atoms with Gasteiger partial charge in [0.25, 0.3) is 0 Å². The van der Waals surface area contributed by atoms with Crippen LogP contribution in [0.5, 0.6) is 0 Å². The van der Waals surface area contributed by atoms with Crippen molar-refractivity contribution in [1.29, 1.82) is 5.26 Å². The van der Waals surface area contributed by atoms with Crippen LogP contribution in [-0.4, -0.2) is 12.0 Å². The minimum atomic E-state index is -0.503. The molecule has 0 bridgehead atoms. The van der Waals surface area contributed by atoms with Crippen LogP contribution in [0.15, 0.2) is 6.07 Å². The Morgan fingerprint density at radius 3 is 2.83 bits per heavy atom. The van der Waals surface area contributed by atoms with E-state index < -0.39 is 4.92 Å². The second-order valence-electron chi connectivity index (χ2n) is 1.95. The third-order valence-electron chi connectivity index (χ3n) is 1.26. The van der Waals surface area contributed by atoms with E-state index in [0.29, 0.717) is 10.6 Å². The highest BCUT2D eigenvalue weighted by molar-refractivity contribution is 7.16. The van der Waals surface area contributed by atoms with Gasteiger partial charge in [-0.15, -0.1) is 0 Å². The van der Waals surface area contributed by atoms with Crippen LogP contribution in [0, 0.1) is 21.4 Å². The number of nitrogens with zero attached hydrogens (tertiary/aromatic N) is 2. The number of nitro groups is 1. The van der Waals surface area contributed by atoms with Gasteiger partial charge >= 0.3 is 5.00 Å². The van der Waals surface area contributed by atoms with E-state index >= 15 is 0 Å². The highest BCUT2D eigenvalue weighted by Gasteiger charge is 2.17. The predicted molar refractivity (Wildman–Crippen MR) is 45.2 cm³/mol. The number of hydrogen-bond donors (Lipinski definition) is 1. The molecule has 62 valence electrons. The fraction of sp³-hybridized carbons (Fsp3) is 0.167. The van der Waals surface area contributed by atoms with Crippen molar-refractivity contribution >= 4 is 22.0 Å². The van der Waals surface area contributed by atoms with Crippen LogP contribution in [0.4, 0.5) is 10.7 Å². The van der Waals surface area contributed by atoms with Crippen LogP contribution >= 0.6 is 11.3 Å². The molecule has 1 heterocycles. The van der Waals surface area contributed by atoms with Gasteiger partial charge in [0.15, 0.2) is 0 Å². The zero-order valence-corrected chi connectivity index (χ0v) is 7.01. The molecule has 1 aromatic heterocycles. The number of thiophene rings is 1. The van der Waals surface area contributed by atoms with E-state index in [1.54, 1.807) is 7.05 Å². The molecule has 1 rings (SSSR count). The van der Waals surface area contributed by atoms with Crippen molar-refractivity contribution in [2.24, 2.45) is 0 Å². The summed E-state index contributed by atoms with van der Waals surface area (Å²) in [7, 11) is 1.58. The minimum absolute atomic E-state index is 0.0194. The van der Waals surface area contributed by atoms with E-state index in [0.717, 1.165) is 11.3 Å². The molecule has 12 heavy (non-hydrogen) atoms. The predicted octanol–water partition coefficient (Wildman–Crippen LogP) is 1.57. The maximum absolute atomic E-state index is 10.4. The highest BCUT2D eigenvalue weighted by atomic mass is 32.1. The zero-order chi connectivity index (χ0) is 9.14. The van der Waals surface area contributed by atoms with Gasteiger partial charge in [0, 0.05) is 7.05 Å². The molecular formula is C6H5N3O2S. The van der Waals surface area contributed by atoms with Gasteiger partial charge in [0.05, 0.1) is 4.92 Å². The lowest BCUT2D eigenvalue weighted by atomic mass is 10.4. The molecule has 0 saturated heterocycles. The average molecular weight is 183 g/mol. The third kappa shape index (κ3) is 1.35. The molecule has 0 spiro atoms. The number of anilines is 1. The van der Waals surface area contributed by atoms with Gasteiger partial charge in [-0.25, -0.2) is 0 Å². The number of nitrogens with one attached hydrogen (secondary N) is 1. The number of rotatable bonds is 2. The fourth-order valence-corrected chi connectivity index (χ4v) is 1.53. The van der Waals surface area contributed by atoms with E-state index in [-0.39, 0.29) is 5.00 Å². The summed E-state index contributed by atoms with van der Waals surface area (Å²) in [5.74, 6) is 0. The lowest BCUT2D eigenvalue weighted by molar-refractivity contribution is -0.379. The molecule has 0 aromatic carbocycles. The summed E-state index contributed by atoms with van der Waals surface area (Å²) >= 11 is 0.869. The Balaban J connectivity index is 3.19. The molecular weight excluding hydrogens is 178 g/mol. The van der Waals surface area contributed by atoms with Crippen LogP contribution in [0.3, 0.4) is 0 Å². The molecule has 0 unspecified atom stereocenters. The van der Waals surface area contributed by atoms with Crippen molar-refractivity contribution in [2.75, 3.05) is 12.4 Å². The molecule has 0 amide bonds. The molecule has 0 radical (unpaired) electrons. The van der Waals surface area contributed by atoms with Crippen LogP contribution in [0.1, 0.15) is 4.88 Å².